The number of carbonyl (C=O) groups excluding carboxylic acids is 1. The van der Waals surface area contributed by atoms with Crippen molar-refractivity contribution in [2.45, 2.75) is 19.9 Å². The van der Waals surface area contributed by atoms with Crippen LogP contribution in [0.15, 0.2) is 24.3 Å². The molecule has 0 heterocycles. The number of methoxy groups -OCH3 is 1. The van der Waals surface area contributed by atoms with Crippen LogP contribution in [0.4, 0.5) is 5.69 Å². The number of benzene rings is 1. The Labute approximate surface area is 102 Å². The molecule has 1 aromatic carbocycles. The van der Waals surface area contributed by atoms with Gasteiger partial charge < -0.3 is 10.5 Å². The van der Waals surface area contributed by atoms with E-state index in [0.717, 1.165) is 18.8 Å². The lowest BCUT2D eigenvalue weighted by molar-refractivity contribution is -0.141. The predicted molar refractivity (Wildman–Crippen MR) is 68.4 cm³/mol. The average Bonchev–Trinajstić information content (AvgIpc) is 2.36. The van der Waals surface area contributed by atoms with Gasteiger partial charge in [0.1, 0.15) is 0 Å². The van der Waals surface area contributed by atoms with Crippen LogP contribution in [-0.4, -0.2) is 31.1 Å². The number of esters is 1. The van der Waals surface area contributed by atoms with Crippen molar-refractivity contribution < 1.29 is 9.53 Å². The second-order valence-corrected chi connectivity index (χ2v) is 3.94. The SMILES string of the molecule is CCN(CCC(=O)OC)Cc1ccc(N)cc1. The normalized spacial score (nSPS) is 10.5. The van der Waals surface area contributed by atoms with Crippen molar-refractivity contribution in [1.29, 1.82) is 0 Å². The van der Waals surface area contributed by atoms with Gasteiger partial charge in [0.15, 0.2) is 0 Å². The zero-order valence-electron chi connectivity index (χ0n) is 10.5. The van der Waals surface area contributed by atoms with Crippen molar-refractivity contribution >= 4 is 11.7 Å². The summed E-state index contributed by atoms with van der Waals surface area (Å²) < 4.78 is 4.63. The Morgan fingerprint density at radius 3 is 2.53 bits per heavy atom. The first-order valence-corrected chi connectivity index (χ1v) is 5.79. The van der Waals surface area contributed by atoms with Crippen LogP contribution in [0.25, 0.3) is 0 Å². The smallest absolute Gasteiger partial charge is 0.306 e. The van der Waals surface area contributed by atoms with E-state index < -0.39 is 0 Å². The molecule has 0 spiro atoms. The second-order valence-electron chi connectivity index (χ2n) is 3.94. The minimum atomic E-state index is -0.166. The van der Waals surface area contributed by atoms with E-state index in [1.54, 1.807) is 0 Å². The Morgan fingerprint density at radius 1 is 1.35 bits per heavy atom. The summed E-state index contributed by atoms with van der Waals surface area (Å²) in [6, 6.07) is 7.80. The molecule has 4 nitrogen and oxygen atoms in total. The number of nitrogen functional groups attached to an aromatic ring is 1. The molecule has 0 atom stereocenters. The fourth-order valence-electron chi connectivity index (χ4n) is 1.58. The molecule has 0 saturated carbocycles. The Bertz CT molecular complexity index is 349. The number of anilines is 1. The minimum Gasteiger partial charge on any atom is -0.469 e. The molecule has 0 radical (unpaired) electrons. The van der Waals surface area contributed by atoms with E-state index >= 15 is 0 Å². The summed E-state index contributed by atoms with van der Waals surface area (Å²) in [5.74, 6) is -0.166. The van der Waals surface area contributed by atoms with Crippen molar-refractivity contribution in [3.63, 3.8) is 0 Å². The summed E-state index contributed by atoms with van der Waals surface area (Å²) in [5, 5.41) is 0. The summed E-state index contributed by atoms with van der Waals surface area (Å²) in [7, 11) is 1.42. The lowest BCUT2D eigenvalue weighted by atomic mass is 10.2. The first-order valence-electron chi connectivity index (χ1n) is 5.79. The molecule has 0 aliphatic carbocycles. The lowest BCUT2D eigenvalue weighted by Gasteiger charge is -2.19. The monoisotopic (exact) mass is 236 g/mol. The Hall–Kier alpha value is -1.55. The summed E-state index contributed by atoms with van der Waals surface area (Å²) >= 11 is 0. The highest BCUT2D eigenvalue weighted by Crippen LogP contribution is 2.08. The number of ether oxygens (including phenoxy) is 1. The van der Waals surface area contributed by atoms with Crippen molar-refractivity contribution in [2.24, 2.45) is 0 Å². The van der Waals surface area contributed by atoms with E-state index in [1.165, 1.54) is 12.7 Å². The third-order valence-electron chi connectivity index (χ3n) is 2.69. The Morgan fingerprint density at radius 2 is 2.00 bits per heavy atom. The number of rotatable bonds is 6. The van der Waals surface area contributed by atoms with Gasteiger partial charge in [0.2, 0.25) is 0 Å². The van der Waals surface area contributed by atoms with Crippen molar-refractivity contribution in [1.82, 2.24) is 4.90 Å². The van der Waals surface area contributed by atoms with Gasteiger partial charge in [0, 0.05) is 18.8 Å². The molecular weight excluding hydrogens is 216 g/mol. The van der Waals surface area contributed by atoms with Gasteiger partial charge >= 0.3 is 5.97 Å². The van der Waals surface area contributed by atoms with Gasteiger partial charge in [-0.05, 0) is 24.2 Å². The summed E-state index contributed by atoms with van der Waals surface area (Å²) in [6.07, 6.45) is 0.430. The van der Waals surface area contributed by atoms with Gasteiger partial charge in [-0.25, -0.2) is 0 Å². The average molecular weight is 236 g/mol. The van der Waals surface area contributed by atoms with E-state index in [0.29, 0.717) is 13.0 Å². The number of hydrogen-bond donors (Lipinski definition) is 1. The highest BCUT2D eigenvalue weighted by Gasteiger charge is 2.07. The van der Waals surface area contributed by atoms with Gasteiger partial charge in [-0.1, -0.05) is 19.1 Å². The largest absolute Gasteiger partial charge is 0.469 e. The van der Waals surface area contributed by atoms with Crippen molar-refractivity contribution in [2.75, 3.05) is 25.9 Å². The zero-order chi connectivity index (χ0) is 12.7. The molecule has 1 aromatic rings. The van der Waals surface area contributed by atoms with Crippen LogP contribution in [-0.2, 0) is 16.1 Å². The van der Waals surface area contributed by atoms with Crippen LogP contribution in [0.5, 0.6) is 0 Å². The number of carbonyl (C=O) groups is 1. The van der Waals surface area contributed by atoms with Gasteiger partial charge in [0.25, 0.3) is 0 Å². The van der Waals surface area contributed by atoms with Gasteiger partial charge in [-0.15, -0.1) is 0 Å². The molecule has 0 aliphatic rings. The molecule has 1 rings (SSSR count). The molecular formula is C13H20N2O2. The van der Waals surface area contributed by atoms with Crippen LogP contribution in [0.1, 0.15) is 18.9 Å². The fourth-order valence-corrected chi connectivity index (χ4v) is 1.58. The van der Waals surface area contributed by atoms with E-state index in [1.807, 2.05) is 24.3 Å². The topological polar surface area (TPSA) is 55.6 Å². The first kappa shape index (κ1) is 13.5. The summed E-state index contributed by atoms with van der Waals surface area (Å²) in [5.41, 5.74) is 7.60. The number of nitrogens with zero attached hydrogens (tertiary/aromatic N) is 1. The van der Waals surface area contributed by atoms with Crippen LogP contribution in [0.3, 0.4) is 0 Å². The van der Waals surface area contributed by atoms with Crippen LogP contribution in [0, 0.1) is 0 Å². The summed E-state index contributed by atoms with van der Waals surface area (Å²) in [6.45, 7) is 4.53. The lowest BCUT2D eigenvalue weighted by Crippen LogP contribution is -2.26. The standard InChI is InChI=1S/C13H20N2O2/c1-3-15(9-8-13(16)17-2)10-11-4-6-12(14)7-5-11/h4-7H,3,8-10,14H2,1-2H3. The molecule has 0 saturated heterocycles. The van der Waals surface area contributed by atoms with Gasteiger partial charge in [-0.3, -0.25) is 9.69 Å². The maximum atomic E-state index is 11.1. The number of nitrogens with two attached hydrogens (primary N) is 1. The zero-order valence-corrected chi connectivity index (χ0v) is 10.5. The number of hydrogen-bond acceptors (Lipinski definition) is 4. The molecule has 17 heavy (non-hydrogen) atoms. The maximum absolute atomic E-state index is 11.1. The van der Waals surface area contributed by atoms with E-state index in [2.05, 4.69) is 16.6 Å². The molecule has 0 aliphatic heterocycles. The maximum Gasteiger partial charge on any atom is 0.306 e. The van der Waals surface area contributed by atoms with E-state index in [-0.39, 0.29) is 5.97 Å². The molecule has 0 bridgehead atoms. The van der Waals surface area contributed by atoms with Crippen LogP contribution >= 0.6 is 0 Å². The molecule has 4 heteroatoms. The minimum absolute atomic E-state index is 0.166. The Balaban J connectivity index is 2.46. The highest BCUT2D eigenvalue weighted by atomic mass is 16.5. The van der Waals surface area contributed by atoms with Crippen LogP contribution in [0.2, 0.25) is 0 Å². The fraction of sp³-hybridized carbons (Fsp3) is 0.462. The van der Waals surface area contributed by atoms with Gasteiger partial charge in [0.05, 0.1) is 13.5 Å². The van der Waals surface area contributed by atoms with E-state index in [4.69, 9.17) is 5.73 Å². The molecule has 0 aromatic heterocycles. The van der Waals surface area contributed by atoms with Gasteiger partial charge in [-0.2, -0.15) is 0 Å². The molecule has 0 amide bonds. The van der Waals surface area contributed by atoms with E-state index in [9.17, 15) is 4.79 Å². The molecule has 2 N–H and O–H groups in total. The molecule has 94 valence electrons. The van der Waals surface area contributed by atoms with Crippen molar-refractivity contribution in [3.05, 3.63) is 29.8 Å². The predicted octanol–water partition coefficient (Wildman–Crippen LogP) is 1.65. The second kappa shape index (κ2) is 6.91. The van der Waals surface area contributed by atoms with Crippen LogP contribution < -0.4 is 5.73 Å². The molecule has 0 fully saturated rings. The quantitative estimate of drug-likeness (QED) is 0.603. The molecule has 0 unspecified atom stereocenters. The van der Waals surface area contributed by atoms with Crippen molar-refractivity contribution in [3.8, 4) is 0 Å². The third kappa shape index (κ3) is 4.87. The summed E-state index contributed by atoms with van der Waals surface area (Å²) in [4.78, 5) is 13.3. The Kier molecular flexibility index (Phi) is 5.49. The first-order chi connectivity index (χ1) is 8.15. The third-order valence-corrected chi connectivity index (χ3v) is 2.69. The highest BCUT2D eigenvalue weighted by molar-refractivity contribution is 5.69.